The molecule has 2 aliphatic rings. The zero-order valence-electron chi connectivity index (χ0n) is 11.7. The van der Waals surface area contributed by atoms with Gasteiger partial charge in [-0.15, -0.1) is 0 Å². The summed E-state index contributed by atoms with van der Waals surface area (Å²) in [6, 6.07) is 0.982. The zero-order chi connectivity index (χ0) is 14.1. The number of anilines is 1. The summed E-state index contributed by atoms with van der Waals surface area (Å²) in [5.41, 5.74) is -0.00212. The Morgan fingerprint density at radius 1 is 1.30 bits per heavy atom. The van der Waals surface area contributed by atoms with Crippen molar-refractivity contribution < 1.29 is 9.90 Å². The van der Waals surface area contributed by atoms with Crippen LogP contribution in [-0.4, -0.2) is 57.7 Å². The van der Waals surface area contributed by atoms with Crippen LogP contribution < -0.4 is 4.90 Å². The van der Waals surface area contributed by atoms with Crippen LogP contribution in [0, 0.1) is 0 Å². The lowest BCUT2D eigenvalue weighted by molar-refractivity contribution is 0.0690. The van der Waals surface area contributed by atoms with Crippen LogP contribution >= 0.6 is 0 Å². The average Bonchev–Trinajstić information content (AvgIpc) is 2.46. The number of aromatic nitrogens is 2. The maximum Gasteiger partial charge on any atom is 0.356 e. The molecule has 0 saturated carbocycles. The maximum atomic E-state index is 10.8. The summed E-state index contributed by atoms with van der Waals surface area (Å²) in [4.78, 5) is 23.9. The highest BCUT2D eigenvalue weighted by atomic mass is 16.4. The number of aromatic carboxylic acids is 1. The Bertz CT molecular complexity index is 490. The summed E-state index contributed by atoms with van der Waals surface area (Å²) in [5, 5.41) is 8.87. The van der Waals surface area contributed by atoms with Crippen molar-refractivity contribution in [2.24, 2.45) is 0 Å². The minimum atomic E-state index is -1.03. The molecule has 0 aromatic carbocycles. The van der Waals surface area contributed by atoms with E-state index in [4.69, 9.17) is 5.11 Å². The van der Waals surface area contributed by atoms with E-state index in [1.54, 1.807) is 6.20 Å². The molecule has 6 nitrogen and oxygen atoms in total. The molecule has 2 atom stereocenters. The molecule has 3 heterocycles. The van der Waals surface area contributed by atoms with Crippen LogP contribution in [0.3, 0.4) is 0 Å². The van der Waals surface area contributed by atoms with Crippen LogP contribution in [0.5, 0.6) is 0 Å². The van der Waals surface area contributed by atoms with E-state index in [1.807, 2.05) is 0 Å². The van der Waals surface area contributed by atoms with E-state index in [1.165, 1.54) is 32.0 Å². The van der Waals surface area contributed by atoms with E-state index >= 15 is 0 Å². The quantitative estimate of drug-likeness (QED) is 0.876. The van der Waals surface area contributed by atoms with Crippen molar-refractivity contribution in [2.45, 2.75) is 38.3 Å². The molecule has 0 aliphatic carbocycles. The van der Waals surface area contributed by atoms with Gasteiger partial charge in [0.1, 0.15) is 5.82 Å². The fraction of sp³-hybridized carbons (Fsp3) is 0.643. The minimum absolute atomic E-state index is 0.00212. The van der Waals surface area contributed by atoms with Crippen molar-refractivity contribution in [2.75, 3.05) is 24.5 Å². The highest BCUT2D eigenvalue weighted by Gasteiger charge is 2.33. The fourth-order valence-electron chi connectivity index (χ4n) is 3.25. The molecule has 2 fully saturated rings. The Labute approximate surface area is 118 Å². The molecule has 0 radical (unpaired) electrons. The number of carboxylic acids is 1. The van der Waals surface area contributed by atoms with Gasteiger partial charge in [-0.1, -0.05) is 6.42 Å². The summed E-state index contributed by atoms with van der Waals surface area (Å²) in [6.07, 6.45) is 6.77. The van der Waals surface area contributed by atoms with E-state index < -0.39 is 5.97 Å². The van der Waals surface area contributed by atoms with Crippen molar-refractivity contribution >= 4 is 11.8 Å². The van der Waals surface area contributed by atoms with Crippen molar-refractivity contribution in [3.05, 3.63) is 18.1 Å². The van der Waals surface area contributed by atoms with Crippen LogP contribution in [0.15, 0.2) is 12.4 Å². The van der Waals surface area contributed by atoms with Gasteiger partial charge in [0.2, 0.25) is 0 Å². The molecule has 0 amide bonds. The van der Waals surface area contributed by atoms with Crippen LogP contribution in [0.25, 0.3) is 0 Å². The first-order chi connectivity index (χ1) is 9.65. The standard InChI is InChI=1S/C14H20N4O2/c1-10-8-17-5-3-2-4-11(17)9-18(10)13-7-15-12(6-16-13)14(19)20/h6-7,10-11H,2-5,8-9H2,1H3,(H,19,20). The van der Waals surface area contributed by atoms with Gasteiger partial charge in [0, 0.05) is 25.2 Å². The van der Waals surface area contributed by atoms with Gasteiger partial charge in [0.05, 0.1) is 12.4 Å². The van der Waals surface area contributed by atoms with E-state index in [9.17, 15) is 4.79 Å². The maximum absolute atomic E-state index is 10.8. The average molecular weight is 276 g/mol. The third-order valence-electron chi connectivity index (χ3n) is 4.34. The highest BCUT2D eigenvalue weighted by molar-refractivity contribution is 5.84. The van der Waals surface area contributed by atoms with Crippen molar-refractivity contribution in [1.29, 1.82) is 0 Å². The summed E-state index contributed by atoms with van der Waals surface area (Å²) >= 11 is 0. The Hall–Kier alpha value is -1.69. The van der Waals surface area contributed by atoms with Crippen molar-refractivity contribution in [3.63, 3.8) is 0 Å². The normalized spacial score (nSPS) is 27.1. The molecule has 2 unspecified atom stereocenters. The van der Waals surface area contributed by atoms with Gasteiger partial charge in [0.15, 0.2) is 5.69 Å². The molecule has 1 aromatic heterocycles. The Morgan fingerprint density at radius 3 is 2.85 bits per heavy atom. The Balaban J connectivity index is 1.77. The van der Waals surface area contributed by atoms with Gasteiger partial charge in [-0.05, 0) is 26.3 Å². The summed E-state index contributed by atoms with van der Waals surface area (Å²) in [6.45, 7) is 5.40. The summed E-state index contributed by atoms with van der Waals surface area (Å²) in [7, 11) is 0. The molecule has 1 aromatic rings. The number of piperidine rings is 1. The van der Waals surface area contributed by atoms with E-state index in [-0.39, 0.29) is 5.69 Å². The molecule has 3 rings (SSSR count). The number of piperazine rings is 1. The molecular formula is C14H20N4O2. The number of hydrogen-bond acceptors (Lipinski definition) is 5. The van der Waals surface area contributed by atoms with Gasteiger partial charge < -0.3 is 10.0 Å². The molecule has 6 heteroatoms. The zero-order valence-corrected chi connectivity index (χ0v) is 11.7. The molecule has 1 N–H and O–H groups in total. The highest BCUT2D eigenvalue weighted by Crippen LogP contribution is 2.26. The fourth-order valence-corrected chi connectivity index (χ4v) is 3.25. The predicted octanol–water partition coefficient (Wildman–Crippen LogP) is 1.24. The van der Waals surface area contributed by atoms with Crippen molar-refractivity contribution in [1.82, 2.24) is 14.9 Å². The third-order valence-corrected chi connectivity index (χ3v) is 4.34. The number of carbonyl (C=O) groups is 1. The smallest absolute Gasteiger partial charge is 0.356 e. The van der Waals surface area contributed by atoms with Gasteiger partial charge in [0.25, 0.3) is 0 Å². The summed E-state index contributed by atoms with van der Waals surface area (Å²) < 4.78 is 0. The number of nitrogens with zero attached hydrogens (tertiary/aromatic N) is 4. The van der Waals surface area contributed by atoms with Crippen molar-refractivity contribution in [3.8, 4) is 0 Å². The van der Waals surface area contributed by atoms with Crippen LogP contribution in [0.2, 0.25) is 0 Å². The topological polar surface area (TPSA) is 69.6 Å². The molecule has 2 saturated heterocycles. The monoisotopic (exact) mass is 276 g/mol. The first-order valence-electron chi connectivity index (χ1n) is 7.21. The molecule has 0 spiro atoms. The van der Waals surface area contributed by atoms with Gasteiger partial charge in [-0.2, -0.15) is 0 Å². The second-order valence-corrected chi connectivity index (χ2v) is 5.71. The predicted molar refractivity (Wildman–Crippen MR) is 75.0 cm³/mol. The molecule has 2 aliphatic heterocycles. The van der Waals surface area contributed by atoms with Gasteiger partial charge in [-0.25, -0.2) is 14.8 Å². The number of fused-ring (bicyclic) bond motifs is 1. The lowest BCUT2D eigenvalue weighted by Crippen LogP contribution is -2.59. The lowest BCUT2D eigenvalue weighted by Gasteiger charge is -2.47. The van der Waals surface area contributed by atoms with Crippen LogP contribution in [0.4, 0.5) is 5.82 Å². The first kappa shape index (κ1) is 13.3. The van der Waals surface area contributed by atoms with Crippen LogP contribution in [-0.2, 0) is 0 Å². The Morgan fingerprint density at radius 2 is 2.15 bits per heavy atom. The second kappa shape index (κ2) is 5.36. The molecular weight excluding hydrogens is 256 g/mol. The van der Waals surface area contributed by atoms with E-state index in [0.29, 0.717) is 12.1 Å². The summed E-state index contributed by atoms with van der Waals surface area (Å²) in [5.74, 6) is -0.248. The van der Waals surface area contributed by atoms with Gasteiger partial charge in [-0.3, -0.25) is 4.90 Å². The SMILES string of the molecule is CC1CN2CCCCC2CN1c1cnc(C(=O)O)cn1. The minimum Gasteiger partial charge on any atom is -0.476 e. The van der Waals surface area contributed by atoms with E-state index in [2.05, 4.69) is 26.7 Å². The van der Waals surface area contributed by atoms with Gasteiger partial charge >= 0.3 is 5.97 Å². The number of rotatable bonds is 2. The number of hydrogen-bond donors (Lipinski definition) is 1. The molecule has 108 valence electrons. The third kappa shape index (κ3) is 2.47. The number of carboxylic acid groups (broad SMARTS) is 1. The van der Waals surface area contributed by atoms with Crippen LogP contribution in [0.1, 0.15) is 36.7 Å². The second-order valence-electron chi connectivity index (χ2n) is 5.71. The molecule has 0 bridgehead atoms. The molecule has 20 heavy (non-hydrogen) atoms. The van der Waals surface area contributed by atoms with E-state index in [0.717, 1.165) is 18.9 Å². The lowest BCUT2D eigenvalue weighted by atomic mass is 9.97. The Kier molecular flexibility index (Phi) is 3.56. The first-order valence-corrected chi connectivity index (χ1v) is 7.21. The largest absolute Gasteiger partial charge is 0.476 e.